The van der Waals surface area contributed by atoms with Gasteiger partial charge in [-0.05, 0) is 38.5 Å². The average molecular weight is 250 g/mol. The standard InChI is InChI=1S/C14H22N2O2/c1-3-18-12-4-6-16(7-5-12)13(17)14(10-15)8-11(2)9-14/h11-12H,3-9H2,1-2H3. The van der Waals surface area contributed by atoms with Crippen LogP contribution in [0, 0.1) is 22.7 Å². The van der Waals surface area contributed by atoms with E-state index in [0.717, 1.165) is 45.4 Å². The van der Waals surface area contributed by atoms with Crippen molar-refractivity contribution < 1.29 is 9.53 Å². The van der Waals surface area contributed by atoms with Crippen LogP contribution < -0.4 is 0 Å². The summed E-state index contributed by atoms with van der Waals surface area (Å²) in [5, 5.41) is 9.27. The maximum atomic E-state index is 12.4. The molecule has 0 atom stereocenters. The first kappa shape index (κ1) is 13.4. The summed E-state index contributed by atoms with van der Waals surface area (Å²) in [5.74, 6) is 0.563. The van der Waals surface area contributed by atoms with Crippen LogP contribution in [0.4, 0.5) is 0 Å². The van der Waals surface area contributed by atoms with E-state index in [4.69, 9.17) is 4.74 Å². The maximum absolute atomic E-state index is 12.4. The number of rotatable bonds is 3. The van der Waals surface area contributed by atoms with Crippen LogP contribution >= 0.6 is 0 Å². The van der Waals surface area contributed by atoms with Crippen molar-refractivity contribution in [3.05, 3.63) is 0 Å². The average Bonchev–Trinajstić information content (AvgIpc) is 2.35. The Morgan fingerprint density at radius 1 is 1.44 bits per heavy atom. The molecule has 0 unspecified atom stereocenters. The number of nitriles is 1. The van der Waals surface area contributed by atoms with Crippen molar-refractivity contribution in [2.45, 2.75) is 45.6 Å². The molecule has 4 heteroatoms. The lowest BCUT2D eigenvalue weighted by molar-refractivity contribution is -0.147. The number of likely N-dealkylation sites (tertiary alicyclic amines) is 1. The van der Waals surface area contributed by atoms with Crippen molar-refractivity contribution in [2.75, 3.05) is 19.7 Å². The third kappa shape index (κ3) is 2.37. The monoisotopic (exact) mass is 250 g/mol. The Kier molecular flexibility index (Phi) is 3.91. The first-order valence-electron chi connectivity index (χ1n) is 6.93. The molecule has 0 aromatic heterocycles. The summed E-state index contributed by atoms with van der Waals surface area (Å²) in [6.07, 6.45) is 3.55. The minimum Gasteiger partial charge on any atom is -0.378 e. The van der Waals surface area contributed by atoms with Crippen molar-refractivity contribution >= 4 is 5.91 Å². The van der Waals surface area contributed by atoms with Crippen LogP contribution in [0.5, 0.6) is 0 Å². The molecule has 0 bridgehead atoms. The lowest BCUT2D eigenvalue weighted by atomic mass is 9.62. The number of carbonyl (C=O) groups is 1. The predicted octanol–water partition coefficient (Wildman–Crippen LogP) is 1.95. The normalized spacial score (nSPS) is 32.7. The van der Waals surface area contributed by atoms with Gasteiger partial charge < -0.3 is 9.64 Å². The second-order valence-electron chi connectivity index (χ2n) is 5.65. The molecule has 0 aromatic carbocycles. The van der Waals surface area contributed by atoms with Crippen molar-refractivity contribution in [3.8, 4) is 6.07 Å². The Hall–Kier alpha value is -1.08. The highest BCUT2D eigenvalue weighted by atomic mass is 16.5. The molecule has 1 saturated heterocycles. The van der Waals surface area contributed by atoms with E-state index >= 15 is 0 Å². The number of hydrogen-bond acceptors (Lipinski definition) is 3. The highest BCUT2D eigenvalue weighted by Crippen LogP contribution is 2.46. The number of carbonyl (C=O) groups excluding carboxylic acids is 1. The second kappa shape index (κ2) is 5.27. The zero-order valence-electron chi connectivity index (χ0n) is 11.3. The Labute approximate surface area is 109 Å². The Morgan fingerprint density at radius 2 is 2.06 bits per heavy atom. The van der Waals surface area contributed by atoms with E-state index in [2.05, 4.69) is 13.0 Å². The number of amides is 1. The molecule has 0 radical (unpaired) electrons. The largest absolute Gasteiger partial charge is 0.378 e. The third-order valence-corrected chi connectivity index (χ3v) is 4.15. The molecule has 2 aliphatic rings. The molecule has 1 aliphatic heterocycles. The highest BCUT2D eigenvalue weighted by Gasteiger charge is 2.50. The zero-order valence-corrected chi connectivity index (χ0v) is 11.3. The molecule has 18 heavy (non-hydrogen) atoms. The lowest BCUT2D eigenvalue weighted by Gasteiger charge is -2.44. The minimum atomic E-state index is -0.710. The smallest absolute Gasteiger partial charge is 0.243 e. The zero-order chi connectivity index (χ0) is 13.2. The molecule has 1 amide bonds. The van der Waals surface area contributed by atoms with Crippen LogP contribution in [-0.2, 0) is 9.53 Å². The van der Waals surface area contributed by atoms with Gasteiger partial charge in [0.25, 0.3) is 0 Å². The summed E-state index contributed by atoms with van der Waals surface area (Å²) in [6.45, 7) is 6.31. The molecule has 0 N–H and O–H groups in total. The van der Waals surface area contributed by atoms with Gasteiger partial charge in [0.2, 0.25) is 5.91 Å². The van der Waals surface area contributed by atoms with E-state index in [9.17, 15) is 10.1 Å². The summed E-state index contributed by atoms with van der Waals surface area (Å²) in [7, 11) is 0. The maximum Gasteiger partial charge on any atom is 0.243 e. The van der Waals surface area contributed by atoms with Crippen molar-refractivity contribution in [3.63, 3.8) is 0 Å². The van der Waals surface area contributed by atoms with E-state index in [-0.39, 0.29) is 12.0 Å². The second-order valence-corrected chi connectivity index (χ2v) is 5.65. The fourth-order valence-electron chi connectivity index (χ4n) is 3.21. The molecule has 0 aromatic rings. The molecular weight excluding hydrogens is 228 g/mol. The quantitative estimate of drug-likeness (QED) is 0.769. The molecule has 0 spiro atoms. The summed E-state index contributed by atoms with van der Waals surface area (Å²) in [4.78, 5) is 14.3. The topological polar surface area (TPSA) is 53.3 Å². The van der Waals surface area contributed by atoms with Crippen LogP contribution in [0.25, 0.3) is 0 Å². The van der Waals surface area contributed by atoms with Gasteiger partial charge in [-0.25, -0.2) is 0 Å². The Morgan fingerprint density at radius 3 is 2.50 bits per heavy atom. The number of ether oxygens (including phenoxy) is 1. The van der Waals surface area contributed by atoms with Crippen molar-refractivity contribution in [1.82, 2.24) is 4.90 Å². The van der Waals surface area contributed by atoms with E-state index in [1.54, 1.807) is 0 Å². The fraction of sp³-hybridized carbons (Fsp3) is 0.857. The van der Waals surface area contributed by atoms with Crippen LogP contribution in [0.3, 0.4) is 0 Å². The summed E-state index contributed by atoms with van der Waals surface area (Å²) < 4.78 is 5.58. The van der Waals surface area contributed by atoms with E-state index < -0.39 is 5.41 Å². The van der Waals surface area contributed by atoms with Gasteiger partial charge in [-0.3, -0.25) is 4.79 Å². The number of piperidine rings is 1. The molecule has 1 heterocycles. The Balaban J connectivity index is 1.90. The Bertz CT molecular complexity index is 347. The van der Waals surface area contributed by atoms with E-state index in [1.165, 1.54) is 0 Å². The summed E-state index contributed by atoms with van der Waals surface area (Å²) >= 11 is 0. The van der Waals surface area contributed by atoms with Crippen LogP contribution in [0.1, 0.15) is 39.5 Å². The minimum absolute atomic E-state index is 0.0537. The summed E-state index contributed by atoms with van der Waals surface area (Å²) in [6, 6.07) is 2.26. The first-order chi connectivity index (χ1) is 8.61. The SMILES string of the molecule is CCOC1CCN(C(=O)C2(C#N)CC(C)C2)CC1. The predicted molar refractivity (Wildman–Crippen MR) is 67.7 cm³/mol. The highest BCUT2D eigenvalue weighted by molar-refractivity contribution is 5.86. The van der Waals surface area contributed by atoms with Gasteiger partial charge in [-0.15, -0.1) is 0 Å². The van der Waals surface area contributed by atoms with Crippen molar-refractivity contribution in [2.24, 2.45) is 11.3 Å². The molecule has 100 valence electrons. The third-order valence-electron chi connectivity index (χ3n) is 4.15. The van der Waals surface area contributed by atoms with Gasteiger partial charge in [0.15, 0.2) is 0 Å². The molecule has 1 saturated carbocycles. The van der Waals surface area contributed by atoms with Gasteiger partial charge in [-0.2, -0.15) is 5.26 Å². The molecule has 4 nitrogen and oxygen atoms in total. The first-order valence-corrected chi connectivity index (χ1v) is 6.93. The number of hydrogen-bond donors (Lipinski definition) is 0. The lowest BCUT2D eigenvalue weighted by Crippen LogP contribution is -2.52. The van der Waals surface area contributed by atoms with Gasteiger partial charge in [0.1, 0.15) is 5.41 Å². The molecule has 2 fully saturated rings. The number of nitrogens with zero attached hydrogens (tertiary/aromatic N) is 2. The van der Waals surface area contributed by atoms with Gasteiger partial charge in [-0.1, -0.05) is 6.92 Å². The van der Waals surface area contributed by atoms with Crippen LogP contribution in [-0.4, -0.2) is 36.6 Å². The fourth-order valence-corrected chi connectivity index (χ4v) is 3.21. The summed E-state index contributed by atoms with van der Waals surface area (Å²) in [5.41, 5.74) is -0.710. The van der Waals surface area contributed by atoms with Crippen LogP contribution in [0.15, 0.2) is 0 Å². The molecule has 2 rings (SSSR count). The van der Waals surface area contributed by atoms with Gasteiger partial charge in [0, 0.05) is 19.7 Å². The van der Waals surface area contributed by atoms with E-state index in [0.29, 0.717) is 5.92 Å². The molecular formula is C14H22N2O2. The van der Waals surface area contributed by atoms with Crippen molar-refractivity contribution in [1.29, 1.82) is 5.26 Å². The van der Waals surface area contributed by atoms with Crippen LogP contribution in [0.2, 0.25) is 0 Å². The molecule has 1 aliphatic carbocycles. The van der Waals surface area contributed by atoms with E-state index in [1.807, 2.05) is 11.8 Å². The van der Waals surface area contributed by atoms with Gasteiger partial charge in [0.05, 0.1) is 12.2 Å². The van der Waals surface area contributed by atoms with Gasteiger partial charge >= 0.3 is 0 Å².